The molecule has 0 heterocycles. The molecule has 0 aromatic heterocycles. The van der Waals surface area contributed by atoms with Gasteiger partial charge in [0.25, 0.3) is 0 Å². The van der Waals surface area contributed by atoms with Crippen LogP contribution in [0.25, 0.3) is 0 Å². The van der Waals surface area contributed by atoms with E-state index in [1.54, 1.807) is 13.8 Å². The Morgan fingerprint density at radius 2 is 1.88 bits per heavy atom. The number of carbonyl (C=O) groups is 1. The van der Waals surface area contributed by atoms with E-state index in [-0.39, 0.29) is 5.97 Å². The lowest BCUT2D eigenvalue weighted by Crippen LogP contribution is -2.28. The van der Waals surface area contributed by atoms with Gasteiger partial charge in [-0.2, -0.15) is 0 Å². The first-order chi connectivity index (χ1) is 7.95. The zero-order valence-electron chi connectivity index (χ0n) is 9.39. The van der Waals surface area contributed by atoms with Crippen LogP contribution in [0.4, 0.5) is 5.69 Å². The largest absolute Gasteiger partial charge is 0.464 e. The predicted molar refractivity (Wildman–Crippen MR) is 79.3 cm³/mol. The van der Waals surface area contributed by atoms with Crippen molar-refractivity contribution < 1.29 is 9.53 Å². The fourth-order valence-corrected chi connectivity index (χ4v) is 3.71. The van der Waals surface area contributed by atoms with Crippen LogP contribution in [0.2, 0.25) is 0 Å². The van der Waals surface area contributed by atoms with Crippen molar-refractivity contribution in [3.05, 3.63) is 25.6 Å². The number of hydrogen-bond donors (Lipinski definition) is 1. The molecule has 1 unspecified atom stereocenters. The van der Waals surface area contributed by atoms with Crippen LogP contribution in [0.5, 0.6) is 0 Å². The van der Waals surface area contributed by atoms with Gasteiger partial charge in [0.05, 0.1) is 12.3 Å². The molecule has 1 N–H and O–H groups in total. The zero-order chi connectivity index (χ0) is 13.0. The molecule has 0 fully saturated rings. The maximum absolute atomic E-state index is 11.5. The number of anilines is 1. The number of esters is 1. The van der Waals surface area contributed by atoms with Gasteiger partial charge in [0, 0.05) is 13.4 Å². The third kappa shape index (κ3) is 4.26. The zero-order valence-corrected chi connectivity index (χ0v) is 14.1. The quantitative estimate of drug-likeness (QED) is 0.724. The van der Waals surface area contributed by atoms with E-state index in [0.717, 1.165) is 19.1 Å². The van der Waals surface area contributed by atoms with Crippen LogP contribution < -0.4 is 5.32 Å². The van der Waals surface area contributed by atoms with Gasteiger partial charge in [-0.15, -0.1) is 0 Å². The van der Waals surface area contributed by atoms with Gasteiger partial charge in [-0.25, -0.2) is 4.79 Å². The van der Waals surface area contributed by atoms with E-state index in [4.69, 9.17) is 4.74 Å². The standard InChI is InChI=1S/C11H12Br3NO2/c1-3-17-11(16)6(2)15-10-8(13)4-7(12)5-9(10)14/h4-6,15H,3H2,1-2H3. The Morgan fingerprint density at radius 3 is 2.35 bits per heavy atom. The van der Waals surface area contributed by atoms with Gasteiger partial charge in [0.1, 0.15) is 6.04 Å². The number of carbonyl (C=O) groups excluding carboxylic acids is 1. The maximum atomic E-state index is 11.5. The molecule has 1 rings (SSSR count). The first kappa shape index (κ1) is 15.0. The van der Waals surface area contributed by atoms with Crippen LogP contribution in [0.15, 0.2) is 25.6 Å². The van der Waals surface area contributed by atoms with Gasteiger partial charge in [-0.3, -0.25) is 0 Å². The SMILES string of the molecule is CCOC(=O)C(C)Nc1c(Br)cc(Br)cc1Br. The molecule has 0 amide bonds. The Morgan fingerprint density at radius 1 is 1.35 bits per heavy atom. The minimum Gasteiger partial charge on any atom is -0.464 e. The average molecular weight is 430 g/mol. The van der Waals surface area contributed by atoms with Crippen molar-refractivity contribution in [1.29, 1.82) is 0 Å². The van der Waals surface area contributed by atoms with Crippen LogP contribution >= 0.6 is 47.8 Å². The Bertz CT molecular complexity index is 400. The molecule has 0 bridgehead atoms. The third-order valence-electron chi connectivity index (χ3n) is 2.01. The van der Waals surface area contributed by atoms with Gasteiger partial charge >= 0.3 is 5.97 Å². The molecule has 1 aromatic rings. The lowest BCUT2D eigenvalue weighted by Gasteiger charge is -2.16. The third-order valence-corrected chi connectivity index (χ3v) is 3.72. The van der Waals surface area contributed by atoms with Crippen molar-refractivity contribution in [1.82, 2.24) is 0 Å². The molecule has 1 aromatic carbocycles. The molecule has 6 heteroatoms. The monoisotopic (exact) mass is 427 g/mol. The Hall–Kier alpha value is -0.0700. The molecule has 0 aliphatic heterocycles. The van der Waals surface area contributed by atoms with E-state index < -0.39 is 6.04 Å². The Labute approximate surface area is 126 Å². The number of halogens is 3. The summed E-state index contributed by atoms with van der Waals surface area (Å²) in [6.07, 6.45) is 0. The van der Waals surface area contributed by atoms with E-state index in [2.05, 4.69) is 53.1 Å². The molecule has 0 radical (unpaired) electrons. The molecular formula is C11H12Br3NO2. The Kier molecular flexibility index (Phi) is 5.95. The summed E-state index contributed by atoms with van der Waals surface area (Å²) in [5.74, 6) is -0.269. The number of benzene rings is 1. The van der Waals surface area contributed by atoms with Crippen molar-refractivity contribution in [2.24, 2.45) is 0 Å². The van der Waals surface area contributed by atoms with E-state index in [0.29, 0.717) is 6.61 Å². The maximum Gasteiger partial charge on any atom is 0.328 e. The minimum atomic E-state index is -0.399. The first-order valence-electron chi connectivity index (χ1n) is 5.03. The summed E-state index contributed by atoms with van der Waals surface area (Å²) < 4.78 is 7.63. The summed E-state index contributed by atoms with van der Waals surface area (Å²) in [6.45, 7) is 3.93. The van der Waals surface area contributed by atoms with Crippen molar-refractivity contribution >= 4 is 59.4 Å². The van der Waals surface area contributed by atoms with Gasteiger partial charge < -0.3 is 10.1 Å². The van der Waals surface area contributed by atoms with Crippen molar-refractivity contribution in [2.75, 3.05) is 11.9 Å². The summed E-state index contributed by atoms with van der Waals surface area (Å²) in [5.41, 5.74) is 0.828. The summed E-state index contributed by atoms with van der Waals surface area (Å²) in [4.78, 5) is 11.5. The number of rotatable bonds is 4. The van der Waals surface area contributed by atoms with Crippen LogP contribution in [-0.2, 0) is 9.53 Å². The van der Waals surface area contributed by atoms with E-state index in [1.807, 2.05) is 12.1 Å². The van der Waals surface area contributed by atoms with Crippen LogP contribution in [-0.4, -0.2) is 18.6 Å². The molecule has 3 nitrogen and oxygen atoms in total. The second-order valence-electron chi connectivity index (χ2n) is 3.36. The molecule has 0 saturated carbocycles. The highest BCUT2D eigenvalue weighted by atomic mass is 79.9. The number of nitrogens with one attached hydrogen (secondary N) is 1. The molecule has 0 spiro atoms. The smallest absolute Gasteiger partial charge is 0.328 e. The van der Waals surface area contributed by atoms with E-state index in [1.165, 1.54) is 0 Å². The van der Waals surface area contributed by atoms with Crippen LogP contribution in [0.1, 0.15) is 13.8 Å². The van der Waals surface area contributed by atoms with Crippen LogP contribution in [0.3, 0.4) is 0 Å². The highest BCUT2D eigenvalue weighted by Crippen LogP contribution is 2.34. The molecule has 0 saturated heterocycles. The number of hydrogen-bond acceptors (Lipinski definition) is 3. The first-order valence-corrected chi connectivity index (χ1v) is 7.41. The van der Waals surface area contributed by atoms with Gasteiger partial charge in [-0.1, -0.05) is 15.9 Å². The number of ether oxygens (including phenoxy) is 1. The lowest BCUT2D eigenvalue weighted by molar-refractivity contribution is -0.143. The summed E-state index contributed by atoms with van der Waals surface area (Å²) >= 11 is 10.3. The molecule has 17 heavy (non-hydrogen) atoms. The highest BCUT2D eigenvalue weighted by molar-refractivity contribution is 9.11. The average Bonchev–Trinajstić information content (AvgIpc) is 2.23. The van der Waals surface area contributed by atoms with Crippen molar-refractivity contribution in [3.8, 4) is 0 Å². The fourth-order valence-electron chi connectivity index (χ4n) is 1.22. The molecular weight excluding hydrogens is 418 g/mol. The predicted octanol–water partition coefficient (Wildman–Crippen LogP) is 4.34. The summed E-state index contributed by atoms with van der Waals surface area (Å²) in [6, 6.07) is 3.42. The second-order valence-corrected chi connectivity index (χ2v) is 5.99. The summed E-state index contributed by atoms with van der Waals surface area (Å²) in [5, 5.41) is 3.10. The second kappa shape index (κ2) is 6.75. The molecule has 1 atom stereocenters. The highest BCUT2D eigenvalue weighted by Gasteiger charge is 2.16. The van der Waals surface area contributed by atoms with Gasteiger partial charge in [0.2, 0.25) is 0 Å². The fraction of sp³-hybridized carbons (Fsp3) is 0.364. The van der Waals surface area contributed by atoms with Crippen LogP contribution in [0, 0.1) is 0 Å². The van der Waals surface area contributed by atoms with Gasteiger partial charge in [0.15, 0.2) is 0 Å². The van der Waals surface area contributed by atoms with Gasteiger partial charge in [-0.05, 0) is 57.8 Å². The van der Waals surface area contributed by atoms with Crippen molar-refractivity contribution in [3.63, 3.8) is 0 Å². The topological polar surface area (TPSA) is 38.3 Å². The van der Waals surface area contributed by atoms with E-state index >= 15 is 0 Å². The molecule has 94 valence electrons. The Balaban J connectivity index is 2.85. The lowest BCUT2D eigenvalue weighted by atomic mass is 10.2. The minimum absolute atomic E-state index is 0.269. The summed E-state index contributed by atoms with van der Waals surface area (Å²) in [7, 11) is 0. The van der Waals surface area contributed by atoms with Crippen molar-refractivity contribution in [2.45, 2.75) is 19.9 Å². The normalized spacial score (nSPS) is 12.1. The molecule has 0 aliphatic rings. The van der Waals surface area contributed by atoms with E-state index in [9.17, 15) is 4.79 Å². The molecule has 0 aliphatic carbocycles.